The molecule has 1 unspecified atom stereocenters. The molecule has 3 N–H and O–H groups in total. The Labute approximate surface area is 110 Å². The second-order valence-electron chi connectivity index (χ2n) is 4.69. The lowest BCUT2D eigenvalue weighted by atomic mass is 10.0. The molecule has 0 aliphatic carbocycles. The van der Waals surface area contributed by atoms with Crippen LogP contribution in [0.1, 0.15) is 51.5 Å². The lowest BCUT2D eigenvalue weighted by Crippen LogP contribution is -2.19. The maximum atomic E-state index is 9.12. The summed E-state index contributed by atoms with van der Waals surface area (Å²) in [7, 11) is 0. The number of benzene rings is 1. The minimum atomic E-state index is 0.450. The number of rotatable bonds is 7. The molecule has 0 fully saturated rings. The summed E-state index contributed by atoms with van der Waals surface area (Å²) < 4.78 is 0. The lowest BCUT2D eigenvalue weighted by molar-refractivity contribution is 0.564. The number of nitriles is 1. The number of nitrogens with zero attached hydrogens (tertiary/aromatic N) is 1. The van der Waals surface area contributed by atoms with E-state index in [9.17, 15) is 0 Å². The van der Waals surface area contributed by atoms with Crippen LogP contribution in [0.25, 0.3) is 0 Å². The van der Waals surface area contributed by atoms with E-state index in [1.807, 2.05) is 12.1 Å². The topological polar surface area (TPSA) is 61.8 Å². The maximum Gasteiger partial charge on any atom is 0.101 e. The Morgan fingerprint density at radius 2 is 2.06 bits per heavy atom. The van der Waals surface area contributed by atoms with Gasteiger partial charge in [0.25, 0.3) is 0 Å². The van der Waals surface area contributed by atoms with Crippen LogP contribution in [0.5, 0.6) is 0 Å². The third-order valence-electron chi connectivity index (χ3n) is 3.07. The van der Waals surface area contributed by atoms with Gasteiger partial charge in [-0.05, 0) is 31.0 Å². The van der Waals surface area contributed by atoms with Crippen LogP contribution < -0.4 is 11.1 Å². The zero-order chi connectivity index (χ0) is 13.4. The molecular weight excluding hydrogens is 222 g/mol. The Bertz CT molecular complexity index is 407. The molecule has 1 aromatic rings. The van der Waals surface area contributed by atoms with Crippen molar-refractivity contribution >= 4 is 11.4 Å². The molecule has 0 heterocycles. The average Bonchev–Trinajstić information content (AvgIpc) is 2.38. The van der Waals surface area contributed by atoms with Gasteiger partial charge in [0.15, 0.2) is 0 Å². The molecule has 18 heavy (non-hydrogen) atoms. The van der Waals surface area contributed by atoms with E-state index in [-0.39, 0.29) is 0 Å². The van der Waals surface area contributed by atoms with Gasteiger partial charge in [-0.2, -0.15) is 5.26 Å². The standard InChI is InChI=1S/C15H23N3/c1-3-5-7-14(6-4-2)18-15-9-8-13(17)10-12(15)11-16/h8-10,14,18H,3-7,17H2,1-2H3. The molecule has 0 aliphatic rings. The molecule has 0 spiro atoms. The predicted octanol–water partition coefficient (Wildman–Crippen LogP) is 3.91. The molecule has 3 nitrogen and oxygen atoms in total. The third kappa shape index (κ3) is 4.29. The van der Waals surface area contributed by atoms with Crippen molar-refractivity contribution < 1.29 is 0 Å². The summed E-state index contributed by atoms with van der Waals surface area (Å²) in [5, 5.41) is 12.6. The monoisotopic (exact) mass is 245 g/mol. The van der Waals surface area contributed by atoms with E-state index in [1.54, 1.807) is 6.07 Å². The van der Waals surface area contributed by atoms with Crippen LogP contribution in [-0.2, 0) is 0 Å². The van der Waals surface area contributed by atoms with Gasteiger partial charge in [0.1, 0.15) is 6.07 Å². The van der Waals surface area contributed by atoms with E-state index in [1.165, 1.54) is 12.8 Å². The molecule has 1 aromatic carbocycles. The van der Waals surface area contributed by atoms with E-state index in [0.29, 0.717) is 17.3 Å². The highest BCUT2D eigenvalue weighted by atomic mass is 14.9. The molecule has 0 radical (unpaired) electrons. The fourth-order valence-corrected chi connectivity index (χ4v) is 2.09. The van der Waals surface area contributed by atoms with Crippen LogP contribution in [0.2, 0.25) is 0 Å². The minimum absolute atomic E-state index is 0.450. The van der Waals surface area contributed by atoms with Crippen LogP contribution in [0, 0.1) is 11.3 Å². The number of unbranched alkanes of at least 4 members (excludes halogenated alkanes) is 1. The molecule has 1 rings (SSSR count). The van der Waals surface area contributed by atoms with Gasteiger partial charge < -0.3 is 11.1 Å². The highest BCUT2D eigenvalue weighted by molar-refractivity contribution is 5.63. The smallest absolute Gasteiger partial charge is 0.101 e. The van der Waals surface area contributed by atoms with Crippen LogP contribution in [0.15, 0.2) is 18.2 Å². The number of nitrogens with one attached hydrogen (secondary N) is 1. The first-order valence-corrected chi connectivity index (χ1v) is 6.77. The van der Waals surface area contributed by atoms with Gasteiger partial charge in [0, 0.05) is 11.7 Å². The quantitative estimate of drug-likeness (QED) is 0.716. The maximum absolute atomic E-state index is 9.12. The molecule has 0 saturated heterocycles. The van der Waals surface area contributed by atoms with E-state index >= 15 is 0 Å². The molecule has 0 saturated carbocycles. The van der Waals surface area contributed by atoms with Crippen molar-refractivity contribution in [2.45, 2.75) is 52.0 Å². The molecule has 98 valence electrons. The predicted molar refractivity (Wildman–Crippen MR) is 77.4 cm³/mol. The summed E-state index contributed by atoms with van der Waals surface area (Å²) in [5.41, 5.74) is 7.87. The van der Waals surface area contributed by atoms with Crippen LogP contribution >= 0.6 is 0 Å². The fourth-order valence-electron chi connectivity index (χ4n) is 2.09. The SMILES string of the molecule is CCCCC(CCC)Nc1ccc(N)cc1C#N. The molecule has 0 bridgehead atoms. The Hall–Kier alpha value is -1.69. The average molecular weight is 245 g/mol. The minimum Gasteiger partial charge on any atom is -0.399 e. The van der Waals surface area contributed by atoms with Crippen molar-refractivity contribution in [1.82, 2.24) is 0 Å². The van der Waals surface area contributed by atoms with Gasteiger partial charge in [0.05, 0.1) is 11.3 Å². The van der Waals surface area contributed by atoms with E-state index < -0.39 is 0 Å². The van der Waals surface area contributed by atoms with Gasteiger partial charge >= 0.3 is 0 Å². The second-order valence-corrected chi connectivity index (χ2v) is 4.69. The molecule has 0 amide bonds. The zero-order valence-corrected chi connectivity index (χ0v) is 11.4. The molecule has 1 atom stereocenters. The number of hydrogen-bond donors (Lipinski definition) is 2. The summed E-state index contributed by atoms with van der Waals surface area (Å²) in [6.45, 7) is 4.39. The molecule has 0 aliphatic heterocycles. The third-order valence-corrected chi connectivity index (χ3v) is 3.07. The second kappa shape index (κ2) is 7.60. The van der Waals surface area contributed by atoms with Crippen molar-refractivity contribution in [1.29, 1.82) is 5.26 Å². The first-order chi connectivity index (χ1) is 8.71. The highest BCUT2D eigenvalue weighted by Crippen LogP contribution is 2.21. The summed E-state index contributed by atoms with van der Waals surface area (Å²) in [5.74, 6) is 0. The fraction of sp³-hybridized carbons (Fsp3) is 0.533. The van der Waals surface area contributed by atoms with Crippen molar-refractivity contribution in [3.8, 4) is 6.07 Å². The normalized spacial score (nSPS) is 11.8. The number of nitrogens with two attached hydrogens (primary N) is 1. The van der Waals surface area contributed by atoms with E-state index in [2.05, 4.69) is 25.2 Å². The molecule has 0 aromatic heterocycles. The van der Waals surface area contributed by atoms with Crippen molar-refractivity contribution in [2.24, 2.45) is 0 Å². The summed E-state index contributed by atoms with van der Waals surface area (Å²) in [6.07, 6.45) is 5.86. The van der Waals surface area contributed by atoms with Crippen molar-refractivity contribution in [3.05, 3.63) is 23.8 Å². The first kappa shape index (κ1) is 14.4. The zero-order valence-electron chi connectivity index (χ0n) is 11.4. The van der Waals surface area contributed by atoms with E-state index in [4.69, 9.17) is 11.0 Å². The van der Waals surface area contributed by atoms with Crippen LogP contribution in [-0.4, -0.2) is 6.04 Å². The summed E-state index contributed by atoms with van der Waals surface area (Å²) in [4.78, 5) is 0. The van der Waals surface area contributed by atoms with Gasteiger partial charge in [-0.3, -0.25) is 0 Å². The van der Waals surface area contributed by atoms with Gasteiger partial charge in [-0.25, -0.2) is 0 Å². The Morgan fingerprint density at radius 3 is 2.67 bits per heavy atom. The lowest BCUT2D eigenvalue weighted by Gasteiger charge is -2.20. The van der Waals surface area contributed by atoms with Gasteiger partial charge in [-0.15, -0.1) is 0 Å². The van der Waals surface area contributed by atoms with Gasteiger partial charge in [-0.1, -0.05) is 33.1 Å². The van der Waals surface area contributed by atoms with Gasteiger partial charge in [0.2, 0.25) is 0 Å². The summed E-state index contributed by atoms with van der Waals surface area (Å²) >= 11 is 0. The summed E-state index contributed by atoms with van der Waals surface area (Å²) in [6, 6.07) is 8.12. The number of hydrogen-bond acceptors (Lipinski definition) is 3. The van der Waals surface area contributed by atoms with E-state index in [0.717, 1.165) is 24.9 Å². The Morgan fingerprint density at radius 1 is 1.28 bits per heavy atom. The Kier molecular flexibility index (Phi) is 6.07. The highest BCUT2D eigenvalue weighted by Gasteiger charge is 2.10. The van der Waals surface area contributed by atoms with Crippen LogP contribution in [0.4, 0.5) is 11.4 Å². The number of nitrogen functional groups attached to an aromatic ring is 1. The van der Waals surface area contributed by atoms with Crippen LogP contribution in [0.3, 0.4) is 0 Å². The number of anilines is 2. The van der Waals surface area contributed by atoms with Crippen molar-refractivity contribution in [3.63, 3.8) is 0 Å². The first-order valence-electron chi connectivity index (χ1n) is 6.77. The molecule has 3 heteroatoms. The molecular formula is C15H23N3. The largest absolute Gasteiger partial charge is 0.399 e. The Balaban J connectivity index is 2.76. The van der Waals surface area contributed by atoms with Crippen molar-refractivity contribution in [2.75, 3.05) is 11.1 Å².